The molecule has 0 aromatic heterocycles. The number of carbonyl (C=O) groups is 3. The van der Waals surface area contributed by atoms with Gasteiger partial charge in [-0.15, -0.1) is 0 Å². The Kier molecular flexibility index (Phi) is 6.86. The van der Waals surface area contributed by atoms with Crippen molar-refractivity contribution >= 4 is 23.7 Å². The maximum Gasteiger partial charge on any atom is 0.415 e. The van der Waals surface area contributed by atoms with Crippen LogP contribution in [-0.2, 0) is 21.4 Å². The molecule has 3 fully saturated rings. The number of piperidine rings is 1. The summed E-state index contributed by atoms with van der Waals surface area (Å²) in [6, 6.07) is 3.60. The van der Waals surface area contributed by atoms with Crippen molar-refractivity contribution in [1.29, 1.82) is 0 Å². The molecule has 2 saturated heterocycles. The third kappa shape index (κ3) is 4.28. The standard InChI is InChI=1S/C28H39N7O5/c1-33-10-8-28-17-5-6-20(36)24(28)40-23-21(7-4-16(22(23)28)15-19(17)33)39-27(38)35-13-11-34(12-14-35)25(37)18(29)3-2-9-32-26(30)31/h4,7,17-19,24H,2-3,5-6,8-15,29H2,1H3,(H4,30,31,32)/t17?,18-,19+,24?,28-/m0/s1. The van der Waals surface area contributed by atoms with Gasteiger partial charge in [0, 0.05) is 56.2 Å². The fourth-order valence-electron chi connectivity index (χ4n) is 7.74. The van der Waals surface area contributed by atoms with Gasteiger partial charge in [0.25, 0.3) is 0 Å². The van der Waals surface area contributed by atoms with Gasteiger partial charge in [-0.05, 0) is 63.2 Å². The molecule has 216 valence electrons. The number of likely N-dealkylation sites (N-methyl/N-ethyl adjacent to an activating group) is 1. The van der Waals surface area contributed by atoms with Gasteiger partial charge in [0.2, 0.25) is 5.91 Å². The van der Waals surface area contributed by atoms with Crippen molar-refractivity contribution in [2.45, 2.75) is 62.1 Å². The average Bonchev–Trinajstić information content (AvgIpc) is 3.30. The van der Waals surface area contributed by atoms with Gasteiger partial charge in [-0.25, -0.2) is 4.79 Å². The summed E-state index contributed by atoms with van der Waals surface area (Å²) in [6.45, 7) is 2.77. The van der Waals surface area contributed by atoms with Crippen molar-refractivity contribution in [2.24, 2.45) is 28.1 Å². The summed E-state index contributed by atoms with van der Waals surface area (Å²) in [5.74, 6) is 1.32. The minimum Gasteiger partial charge on any atom is -0.477 e. The fraction of sp³-hybridized carbons (Fsp3) is 0.643. The first-order chi connectivity index (χ1) is 19.2. The topological polar surface area (TPSA) is 170 Å². The van der Waals surface area contributed by atoms with Crippen molar-refractivity contribution in [3.8, 4) is 11.5 Å². The second kappa shape index (κ2) is 10.2. The van der Waals surface area contributed by atoms with E-state index in [1.165, 1.54) is 5.56 Å². The predicted molar refractivity (Wildman–Crippen MR) is 147 cm³/mol. The zero-order chi connectivity index (χ0) is 28.2. The van der Waals surface area contributed by atoms with Gasteiger partial charge in [-0.3, -0.25) is 14.6 Å². The number of guanidine groups is 1. The summed E-state index contributed by atoms with van der Waals surface area (Å²) in [7, 11) is 2.18. The first-order valence-corrected chi connectivity index (χ1v) is 14.3. The molecular formula is C28H39N7O5. The summed E-state index contributed by atoms with van der Waals surface area (Å²) < 4.78 is 12.3. The van der Waals surface area contributed by atoms with Crippen LogP contribution in [0.15, 0.2) is 17.1 Å². The summed E-state index contributed by atoms with van der Waals surface area (Å²) in [4.78, 5) is 48.7. The molecule has 1 aromatic rings. The van der Waals surface area contributed by atoms with Crippen molar-refractivity contribution in [3.05, 3.63) is 23.3 Å². The van der Waals surface area contributed by atoms with Gasteiger partial charge < -0.3 is 41.4 Å². The van der Waals surface area contributed by atoms with Crippen LogP contribution in [0.25, 0.3) is 0 Å². The number of likely N-dealkylation sites (tertiary alicyclic amines) is 1. The molecule has 5 aliphatic rings. The second-order valence-electron chi connectivity index (χ2n) is 11.8. The number of Topliss-reactive ketones (excluding diaryl/α,β-unsaturated/α-hetero) is 1. The number of piperazine rings is 1. The van der Waals surface area contributed by atoms with Gasteiger partial charge in [0.05, 0.1) is 6.04 Å². The monoisotopic (exact) mass is 553 g/mol. The van der Waals surface area contributed by atoms with Crippen LogP contribution in [0.5, 0.6) is 11.5 Å². The lowest BCUT2D eigenvalue weighted by Crippen LogP contribution is -2.65. The number of rotatable bonds is 6. The summed E-state index contributed by atoms with van der Waals surface area (Å²) in [5.41, 5.74) is 18.7. The van der Waals surface area contributed by atoms with E-state index in [9.17, 15) is 14.4 Å². The van der Waals surface area contributed by atoms with Crippen LogP contribution < -0.4 is 26.7 Å². The lowest BCUT2D eigenvalue weighted by molar-refractivity contribution is -0.138. The van der Waals surface area contributed by atoms with Crippen molar-refractivity contribution < 1.29 is 23.9 Å². The molecule has 0 radical (unpaired) electrons. The Morgan fingerprint density at radius 1 is 1.18 bits per heavy atom. The van der Waals surface area contributed by atoms with Crippen LogP contribution in [-0.4, -0.2) is 103 Å². The first kappa shape index (κ1) is 26.8. The largest absolute Gasteiger partial charge is 0.477 e. The molecule has 12 nitrogen and oxygen atoms in total. The Balaban J connectivity index is 1.12. The molecule has 2 amide bonds. The SMILES string of the molecule is CN1CC[C@]23c4c5ccc(OC(=O)N6CCN(C(=O)[C@@H](N)CCCN=C(N)N)CC6)c4OC2C(=O)CCC3[C@H]1C5. The van der Waals surface area contributed by atoms with Crippen molar-refractivity contribution in [3.63, 3.8) is 0 Å². The molecule has 40 heavy (non-hydrogen) atoms. The first-order valence-electron chi connectivity index (χ1n) is 14.3. The smallest absolute Gasteiger partial charge is 0.415 e. The number of aliphatic imine (C=N–C) groups is 1. The Morgan fingerprint density at radius 2 is 1.93 bits per heavy atom. The molecule has 3 heterocycles. The number of hydrogen-bond donors (Lipinski definition) is 3. The number of ether oxygens (including phenoxy) is 2. The highest BCUT2D eigenvalue weighted by atomic mass is 16.6. The Morgan fingerprint density at radius 3 is 2.67 bits per heavy atom. The van der Waals surface area contributed by atoms with E-state index in [2.05, 4.69) is 16.9 Å². The number of benzene rings is 1. The predicted octanol–water partition coefficient (Wildman–Crippen LogP) is -0.0514. The van der Waals surface area contributed by atoms with Gasteiger partial charge in [0.15, 0.2) is 29.3 Å². The van der Waals surface area contributed by atoms with Crippen LogP contribution in [0.1, 0.15) is 43.2 Å². The highest BCUT2D eigenvalue weighted by molar-refractivity contribution is 5.89. The number of ketones is 1. The summed E-state index contributed by atoms with van der Waals surface area (Å²) in [5, 5.41) is 0. The molecule has 5 atom stereocenters. The molecular weight excluding hydrogens is 514 g/mol. The lowest BCUT2D eigenvalue weighted by atomic mass is 9.52. The summed E-state index contributed by atoms with van der Waals surface area (Å²) in [6.07, 6.45) is 3.27. The van der Waals surface area contributed by atoms with Crippen LogP contribution in [0.2, 0.25) is 0 Å². The zero-order valence-corrected chi connectivity index (χ0v) is 23.0. The van der Waals surface area contributed by atoms with Gasteiger partial charge in [-0.1, -0.05) is 6.07 Å². The van der Waals surface area contributed by atoms with Crippen molar-refractivity contribution in [1.82, 2.24) is 14.7 Å². The molecule has 1 aromatic carbocycles. The molecule has 2 bridgehead atoms. The Hall–Kier alpha value is -3.38. The third-order valence-electron chi connectivity index (χ3n) is 9.70. The lowest BCUT2D eigenvalue weighted by Gasteiger charge is -2.57. The maximum atomic E-state index is 13.2. The van der Waals surface area contributed by atoms with Gasteiger partial charge in [0.1, 0.15) is 0 Å². The van der Waals surface area contributed by atoms with E-state index in [0.29, 0.717) is 75.4 Å². The van der Waals surface area contributed by atoms with Crippen LogP contribution >= 0.6 is 0 Å². The number of nitrogens with zero attached hydrogens (tertiary/aromatic N) is 4. The number of nitrogens with two attached hydrogens (primary N) is 3. The van der Waals surface area contributed by atoms with Crippen LogP contribution in [0.4, 0.5) is 4.79 Å². The Bertz CT molecular complexity index is 1240. The molecule has 2 aliphatic carbocycles. The summed E-state index contributed by atoms with van der Waals surface area (Å²) >= 11 is 0. The van der Waals surface area contributed by atoms with Gasteiger partial charge in [-0.2, -0.15) is 0 Å². The van der Waals surface area contributed by atoms with Gasteiger partial charge >= 0.3 is 6.09 Å². The number of amides is 2. The van der Waals surface area contributed by atoms with E-state index < -0.39 is 18.2 Å². The zero-order valence-electron chi connectivity index (χ0n) is 23.0. The minimum absolute atomic E-state index is 0.0183. The number of carbonyl (C=O) groups excluding carboxylic acids is 3. The minimum atomic E-state index is -0.641. The molecule has 2 unspecified atom stereocenters. The molecule has 6 N–H and O–H groups in total. The maximum absolute atomic E-state index is 13.2. The number of hydrogen-bond acceptors (Lipinski definition) is 8. The molecule has 3 aliphatic heterocycles. The van der Waals surface area contributed by atoms with E-state index in [4.69, 9.17) is 26.7 Å². The fourth-order valence-corrected chi connectivity index (χ4v) is 7.74. The van der Waals surface area contributed by atoms with E-state index in [1.807, 2.05) is 12.1 Å². The van der Waals surface area contributed by atoms with Crippen molar-refractivity contribution in [2.75, 3.05) is 46.3 Å². The van der Waals surface area contributed by atoms with Crippen LogP contribution in [0, 0.1) is 5.92 Å². The van der Waals surface area contributed by atoms with E-state index in [0.717, 1.165) is 31.4 Å². The van der Waals surface area contributed by atoms with E-state index in [1.54, 1.807) is 9.80 Å². The molecule has 6 rings (SSSR count). The molecule has 1 spiro atoms. The quantitative estimate of drug-likeness (QED) is 0.248. The van der Waals surface area contributed by atoms with E-state index >= 15 is 0 Å². The molecule has 1 saturated carbocycles. The highest BCUT2D eigenvalue weighted by Crippen LogP contribution is 2.63. The highest BCUT2D eigenvalue weighted by Gasteiger charge is 2.65. The molecule has 12 heteroatoms. The normalized spacial score (nSPS) is 29.4. The Labute approximate surface area is 233 Å². The van der Waals surface area contributed by atoms with Crippen LogP contribution in [0.3, 0.4) is 0 Å². The van der Waals surface area contributed by atoms with E-state index in [-0.39, 0.29) is 23.1 Å². The second-order valence-corrected chi connectivity index (χ2v) is 11.8. The average molecular weight is 554 g/mol. The third-order valence-corrected chi connectivity index (χ3v) is 9.70.